The first kappa shape index (κ1) is 10.6. The minimum Gasteiger partial charge on any atom is -0.350 e. The highest BCUT2D eigenvalue weighted by Crippen LogP contribution is 2.33. The van der Waals surface area contributed by atoms with Crippen LogP contribution in [0.4, 0.5) is 5.95 Å². The SMILES string of the molecule is Cc1cccc2nc(NC(C)CC3CC3)nn12. The number of anilines is 1. The summed E-state index contributed by atoms with van der Waals surface area (Å²) < 4.78 is 1.88. The summed E-state index contributed by atoms with van der Waals surface area (Å²) in [7, 11) is 0. The molecule has 0 radical (unpaired) electrons. The zero-order chi connectivity index (χ0) is 11.8. The van der Waals surface area contributed by atoms with Gasteiger partial charge in [0.15, 0.2) is 5.65 Å². The molecule has 4 heteroatoms. The lowest BCUT2D eigenvalue weighted by molar-refractivity contribution is 0.637. The monoisotopic (exact) mass is 230 g/mol. The average molecular weight is 230 g/mol. The molecule has 0 saturated heterocycles. The lowest BCUT2D eigenvalue weighted by Gasteiger charge is -2.10. The first-order chi connectivity index (χ1) is 8.22. The van der Waals surface area contributed by atoms with Gasteiger partial charge in [0.1, 0.15) is 0 Å². The van der Waals surface area contributed by atoms with Gasteiger partial charge in [-0.25, -0.2) is 4.52 Å². The summed E-state index contributed by atoms with van der Waals surface area (Å²) >= 11 is 0. The molecule has 1 fully saturated rings. The van der Waals surface area contributed by atoms with Crippen LogP contribution < -0.4 is 5.32 Å². The molecule has 0 aromatic carbocycles. The van der Waals surface area contributed by atoms with E-state index in [1.807, 2.05) is 29.6 Å². The maximum Gasteiger partial charge on any atom is 0.243 e. The third-order valence-corrected chi connectivity index (χ3v) is 3.31. The number of rotatable bonds is 4. The van der Waals surface area contributed by atoms with Crippen LogP contribution in [0.3, 0.4) is 0 Å². The van der Waals surface area contributed by atoms with Crippen LogP contribution in [0, 0.1) is 12.8 Å². The van der Waals surface area contributed by atoms with Gasteiger partial charge >= 0.3 is 0 Å². The number of hydrogen-bond donors (Lipinski definition) is 1. The van der Waals surface area contributed by atoms with Gasteiger partial charge < -0.3 is 5.32 Å². The van der Waals surface area contributed by atoms with Crippen LogP contribution in [-0.2, 0) is 0 Å². The molecule has 90 valence electrons. The summed E-state index contributed by atoms with van der Waals surface area (Å²) in [6.45, 7) is 4.25. The lowest BCUT2D eigenvalue weighted by atomic mass is 10.2. The van der Waals surface area contributed by atoms with E-state index in [2.05, 4.69) is 22.3 Å². The van der Waals surface area contributed by atoms with Crippen LogP contribution in [0.5, 0.6) is 0 Å². The number of nitrogens with one attached hydrogen (secondary N) is 1. The Morgan fingerprint density at radius 1 is 1.47 bits per heavy atom. The highest BCUT2D eigenvalue weighted by molar-refractivity contribution is 5.44. The van der Waals surface area contributed by atoms with E-state index in [1.165, 1.54) is 19.3 Å². The van der Waals surface area contributed by atoms with Crippen LogP contribution in [0.15, 0.2) is 18.2 Å². The molecule has 2 aromatic heterocycles. The maximum absolute atomic E-state index is 4.48. The molecular formula is C13H18N4. The lowest BCUT2D eigenvalue weighted by Crippen LogP contribution is -2.16. The normalized spacial score (nSPS) is 17.3. The quantitative estimate of drug-likeness (QED) is 0.878. The highest BCUT2D eigenvalue weighted by atomic mass is 15.4. The Balaban J connectivity index is 1.78. The molecule has 0 aliphatic heterocycles. The summed E-state index contributed by atoms with van der Waals surface area (Å²) in [4.78, 5) is 4.48. The molecule has 0 bridgehead atoms. The molecule has 1 aliphatic carbocycles. The van der Waals surface area contributed by atoms with Crippen molar-refractivity contribution in [3.8, 4) is 0 Å². The number of hydrogen-bond acceptors (Lipinski definition) is 3. The topological polar surface area (TPSA) is 42.2 Å². The molecule has 1 unspecified atom stereocenters. The molecule has 1 atom stereocenters. The fraction of sp³-hybridized carbons (Fsp3) is 0.538. The summed E-state index contributed by atoms with van der Waals surface area (Å²) in [5.74, 6) is 1.67. The van der Waals surface area contributed by atoms with E-state index in [0.29, 0.717) is 6.04 Å². The molecule has 2 aromatic rings. The predicted molar refractivity (Wildman–Crippen MR) is 68.1 cm³/mol. The minimum absolute atomic E-state index is 0.459. The zero-order valence-electron chi connectivity index (χ0n) is 10.3. The summed E-state index contributed by atoms with van der Waals surface area (Å²) in [5.41, 5.74) is 2.02. The molecule has 0 amide bonds. The Bertz CT molecular complexity index is 527. The van der Waals surface area contributed by atoms with Gasteiger partial charge in [-0.2, -0.15) is 4.98 Å². The van der Waals surface area contributed by atoms with E-state index < -0.39 is 0 Å². The zero-order valence-corrected chi connectivity index (χ0v) is 10.3. The van der Waals surface area contributed by atoms with Crippen LogP contribution in [-0.4, -0.2) is 20.6 Å². The highest BCUT2D eigenvalue weighted by Gasteiger charge is 2.23. The van der Waals surface area contributed by atoms with Gasteiger partial charge in [-0.05, 0) is 38.3 Å². The molecule has 1 saturated carbocycles. The van der Waals surface area contributed by atoms with Crippen LogP contribution >= 0.6 is 0 Å². The van der Waals surface area contributed by atoms with E-state index >= 15 is 0 Å². The molecule has 1 N–H and O–H groups in total. The Hall–Kier alpha value is -1.58. The Morgan fingerprint density at radius 2 is 2.29 bits per heavy atom. The van der Waals surface area contributed by atoms with Crippen molar-refractivity contribution in [2.75, 3.05) is 5.32 Å². The number of aryl methyl sites for hydroxylation is 1. The molecule has 4 nitrogen and oxygen atoms in total. The largest absolute Gasteiger partial charge is 0.350 e. The van der Waals surface area contributed by atoms with Crippen molar-refractivity contribution in [1.29, 1.82) is 0 Å². The van der Waals surface area contributed by atoms with Gasteiger partial charge in [-0.1, -0.05) is 18.9 Å². The van der Waals surface area contributed by atoms with E-state index in [-0.39, 0.29) is 0 Å². The molecule has 0 spiro atoms. The summed E-state index contributed by atoms with van der Waals surface area (Å²) in [5, 5.41) is 7.86. The number of pyridine rings is 1. The first-order valence-corrected chi connectivity index (χ1v) is 6.31. The average Bonchev–Trinajstić information content (AvgIpc) is 2.97. The third-order valence-electron chi connectivity index (χ3n) is 3.31. The molecular weight excluding hydrogens is 212 g/mol. The number of fused-ring (bicyclic) bond motifs is 1. The fourth-order valence-corrected chi connectivity index (χ4v) is 2.23. The van der Waals surface area contributed by atoms with E-state index in [0.717, 1.165) is 23.2 Å². The van der Waals surface area contributed by atoms with Crippen LogP contribution in [0.1, 0.15) is 31.9 Å². The van der Waals surface area contributed by atoms with E-state index in [9.17, 15) is 0 Å². The fourth-order valence-electron chi connectivity index (χ4n) is 2.23. The second kappa shape index (κ2) is 4.02. The van der Waals surface area contributed by atoms with Gasteiger partial charge in [0.05, 0.1) is 0 Å². The van der Waals surface area contributed by atoms with Gasteiger partial charge in [0, 0.05) is 11.7 Å². The summed E-state index contributed by atoms with van der Waals surface area (Å²) in [6.07, 6.45) is 4.02. The third kappa shape index (κ3) is 2.25. The predicted octanol–water partition coefficient (Wildman–Crippen LogP) is 2.64. The van der Waals surface area contributed by atoms with Gasteiger partial charge in [0.25, 0.3) is 0 Å². The maximum atomic E-state index is 4.48. The number of aromatic nitrogens is 3. The van der Waals surface area contributed by atoms with Crippen LogP contribution in [0.2, 0.25) is 0 Å². The van der Waals surface area contributed by atoms with Crippen molar-refractivity contribution in [3.63, 3.8) is 0 Å². The van der Waals surface area contributed by atoms with Crippen molar-refractivity contribution >= 4 is 11.6 Å². The van der Waals surface area contributed by atoms with E-state index in [1.54, 1.807) is 0 Å². The molecule has 2 heterocycles. The van der Waals surface area contributed by atoms with Gasteiger partial charge in [-0.3, -0.25) is 0 Å². The van der Waals surface area contributed by atoms with Crippen molar-refractivity contribution in [2.45, 2.75) is 39.2 Å². The second-order valence-electron chi connectivity index (χ2n) is 5.10. The minimum atomic E-state index is 0.459. The van der Waals surface area contributed by atoms with Crippen molar-refractivity contribution in [3.05, 3.63) is 23.9 Å². The smallest absolute Gasteiger partial charge is 0.243 e. The molecule has 1 aliphatic rings. The Morgan fingerprint density at radius 3 is 3.00 bits per heavy atom. The second-order valence-corrected chi connectivity index (χ2v) is 5.10. The Kier molecular flexibility index (Phi) is 2.50. The van der Waals surface area contributed by atoms with Crippen LogP contribution in [0.25, 0.3) is 5.65 Å². The molecule has 3 rings (SSSR count). The first-order valence-electron chi connectivity index (χ1n) is 6.31. The van der Waals surface area contributed by atoms with Crippen molar-refractivity contribution < 1.29 is 0 Å². The summed E-state index contributed by atoms with van der Waals surface area (Å²) in [6, 6.07) is 6.49. The Labute approximate surface area is 101 Å². The standard InChI is InChI=1S/C13H18N4/c1-9(8-11-6-7-11)14-13-15-12-5-3-4-10(2)17(12)16-13/h3-5,9,11H,6-8H2,1-2H3,(H,14,16). The van der Waals surface area contributed by atoms with Gasteiger partial charge in [0.2, 0.25) is 5.95 Å². The van der Waals surface area contributed by atoms with E-state index in [4.69, 9.17) is 0 Å². The number of nitrogens with zero attached hydrogens (tertiary/aromatic N) is 3. The van der Waals surface area contributed by atoms with Crippen molar-refractivity contribution in [2.24, 2.45) is 5.92 Å². The van der Waals surface area contributed by atoms with Gasteiger partial charge in [-0.15, -0.1) is 5.10 Å². The van der Waals surface area contributed by atoms with Crippen molar-refractivity contribution in [1.82, 2.24) is 14.6 Å². The molecule has 17 heavy (non-hydrogen) atoms.